The highest BCUT2D eigenvalue weighted by molar-refractivity contribution is 5.96. The summed E-state index contributed by atoms with van der Waals surface area (Å²) in [4.78, 5) is 12.7. The molecule has 0 aliphatic heterocycles. The quantitative estimate of drug-likeness (QED) is 0.294. The summed E-state index contributed by atoms with van der Waals surface area (Å²) in [5, 5.41) is 0. The van der Waals surface area contributed by atoms with Crippen molar-refractivity contribution in [2.45, 2.75) is 31.0 Å². The van der Waals surface area contributed by atoms with E-state index in [2.05, 4.69) is 0 Å². The van der Waals surface area contributed by atoms with E-state index in [9.17, 15) is 31.1 Å². The van der Waals surface area contributed by atoms with Gasteiger partial charge >= 0.3 is 12.4 Å². The van der Waals surface area contributed by atoms with E-state index in [4.69, 9.17) is 14.2 Å². The van der Waals surface area contributed by atoms with Gasteiger partial charge in [0.15, 0.2) is 12.1 Å². The number of halogens is 6. The molecule has 0 spiro atoms. The van der Waals surface area contributed by atoms with Crippen LogP contribution in [0.1, 0.15) is 39.4 Å². The van der Waals surface area contributed by atoms with E-state index in [0.717, 1.165) is 0 Å². The molecule has 1 unspecified atom stereocenters. The molecule has 1 atom stereocenters. The molecule has 2 aromatic rings. The van der Waals surface area contributed by atoms with Crippen LogP contribution in [0.4, 0.5) is 26.3 Å². The van der Waals surface area contributed by atoms with E-state index < -0.39 is 47.9 Å². The van der Waals surface area contributed by atoms with Crippen molar-refractivity contribution in [3.8, 4) is 5.75 Å². The summed E-state index contributed by atoms with van der Waals surface area (Å²) in [6.45, 7) is 0. The number of hydrogen-bond donors (Lipinski definition) is 0. The Balaban J connectivity index is 2.53. The lowest BCUT2D eigenvalue weighted by molar-refractivity contribution is -0.143. The molecule has 2 aromatic carbocycles. The number of hydrogen-bond acceptors (Lipinski definition) is 4. The highest BCUT2D eigenvalue weighted by atomic mass is 19.4. The normalized spacial score (nSPS) is 13.4. The maximum atomic E-state index is 13.3. The Morgan fingerprint density at radius 2 is 1.32 bits per heavy atom. The number of ketones is 1. The minimum absolute atomic E-state index is 0.0282. The molecule has 4 nitrogen and oxygen atoms in total. The van der Waals surface area contributed by atoms with Crippen LogP contribution in [0.25, 0.3) is 0 Å². The number of carbonyl (C=O) groups is 1. The van der Waals surface area contributed by atoms with Crippen molar-refractivity contribution < 1.29 is 45.3 Å². The van der Waals surface area contributed by atoms with E-state index in [1.54, 1.807) is 0 Å². The van der Waals surface area contributed by atoms with Gasteiger partial charge in [-0.05, 0) is 48.0 Å². The summed E-state index contributed by atoms with van der Waals surface area (Å²) < 4.78 is 94.7. The Labute approximate surface area is 174 Å². The van der Waals surface area contributed by atoms with Crippen LogP contribution in [-0.4, -0.2) is 33.4 Å². The Morgan fingerprint density at radius 1 is 0.839 bits per heavy atom. The lowest BCUT2D eigenvalue weighted by Crippen LogP contribution is -2.26. The molecule has 0 amide bonds. The maximum Gasteiger partial charge on any atom is 0.416 e. The number of ether oxygens (including phenoxy) is 3. The molecule has 31 heavy (non-hydrogen) atoms. The zero-order valence-electron chi connectivity index (χ0n) is 16.8. The largest absolute Gasteiger partial charge is 0.497 e. The summed E-state index contributed by atoms with van der Waals surface area (Å²) in [6.07, 6.45) is -11.7. The number of rotatable bonds is 8. The molecule has 0 saturated carbocycles. The second-order valence-corrected chi connectivity index (χ2v) is 6.64. The zero-order chi connectivity index (χ0) is 23.4. The first-order chi connectivity index (χ1) is 14.4. The number of Topliss-reactive ketones (excluding diaryl/α,β-unsaturated/α-hetero) is 1. The van der Waals surface area contributed by atoms with Gasteiger partial charge < -0.3 is 14.2 Å². The van der Waals surface area contributed by atoms with Crippen molar-refractivity contribution in [1.29, 1.82) is 0 Å². The summed E-state index contributed by atoms with van der Waals surface area (Å²) in [5.41, 5.74) is -3.13. The molecule has 0 N–H and O–H groups in total. The van der Waals surface area contributed by atoms with Gasteiger partial charge in [-0.25, -0.2) is 0 Å². The standard InChI is InChI=1S/C21H20F6O4/c1-29-16-6-4-12(5-7-16)18(28)11-17(19(30-2)31-3)13-8-14(20(22,23)24)10-15(9-13)21(25,26)27/h4-10,17,19H,11H2,1-3H3. The number of methoxy groups -OCH3 is 3. The SMILES string of the molecule is COc1ccc(C(=O)CC(c2cc(C(F)(F)F)cc(C(F)(F)F)c2)C(OC)OC)cc1. The first-order valence-electron chi connectivity index (χ1n) is 8.93. The molecule has 0 bridgehead atoms. The third kappa shape index (κ3) is 6.20. The Morgan fingerprint density at radius 3 is 1.71 bits per heavy atom. The third-order valence-corrected chi connectivity index (χ3v) is 4.65. The van der Waals surface area contributed by atoms with Gasteiger partial charge in [0.2, 0.25) is 0 Å². The van der Waals surface area contributed by atoms with Gasteiger partial charge in [-0.15, -0.1) is 0 Å². The lowest BCUT2D eigenvalue weighted by Gasteiger charge is -2.26. The summed E-state index contributed by atoms with van der Waals surface area (Å²) in [6, 6.07) is 7.09. The Bertz CT molecular complexity index is 854. The number of benzene rings is 2. The molecule has 0 saturated heterocycles. The number of carbonyl (C=O) groups excluding carboxylic acids is 1. The predicted octanol–water partition coefficient (Wildman–Crippen LogP) is 5.71. The second kappa shape index (κ2) is 9.69. The smallest absolute Gasteiger partial charge is 0.416 e. The average molecular weight is 450 g/mol. The zero-order valence-corrected chi connectivity index (χ0v) is 16.8. The van der Waals surface area contributed by atoms with Gasteiger partial charge in [-0.1, -0.05) is 0 Å². The molecule has 0 aliphatic carbocycles. The monoisotopic (exact) mass is 450 g/mol. The Kier molecular flexibility index (Phi) is 7.72. The number of alkyl halides is 6. The highest BCUT2D eigenvalue weighted by Gasteiger charge is 2.38. The van der Waals surface area contributed by atoms with Crippen LogP contribution >= 0.6 is 0 Å². The third-order valence-electron chi connectivity index (χ3n) is 4.65. The van der Waals surface area contributed by atoms with E-state index >= 15 is 0 Å². The fraction of sp³-hybridized carbons (Fsp3) is 0.381. The van der Waals surface area contributed by atoms with E-state index in [1.165, 1.54) is 45.6 Å². The van der Waals surface area contributed by atoms with E-state index in [0.29, 0.717) is 17.9 Å². The van der Waals surface area contributed by atoms with Crippen molar-refractivity contribution >= 4 is 5.78 Å². The maximum absolute atomic E-state index is 13.3. The molecule has 0 aromatic heterocycles. The van der Waals surface area contributed by atoms with Gasteiger partial charge in [-0.2, -0.15) is 26.3 Å². The molecular formula is C21H20F6O4. The van der Waals surface area contributed by atoms with Crippen LogP contribution in [0.15, 0.2) is 42.5 Å². The van der Waals surface area contributed by atoms with Crippen molar-refractivity contribution in [2.75, 3.05) is 21.3 Å². The van der Waals surface area contributed by atoms with Crippen molar-refractivity contribution in [1.82, 2.24) is 0 Å². The fourth-order valence-electron chi connectivity index (χ4n) is 3.08. The topological polar surface area (TPSA) is 44.8 Å². The fourth-order valence-corrected chi connectivity index (χ4v) is 3.08. The van der Waals surface area contributed by atoms with Crippen LogP contribution in [0.3, 0.4) is 0 Å². The molecular weight excluding hydrogens is 430 g/mol. The summed E-state index contributed by atoms with van der Waals surface area (Å²) in [5.74, 6) is -1.27. The molecule has 0 heterocycles. The minimum atomic E-state index is -5.02. The van der Waals surface area contributed by atoms with E-state index in [-0.39, 0.29) is 17.2 Å². The molecule has 2 rings (SSSR count). The van der Waals surface area contributed by atoms with Gasteiger partial charge in [0.1, 0.15) is 5.75 Å². The van der Waals surface area contributed by atoms with Crippen molar-refractivity contribution in [3.63, 3.8) is 0 Å². The average Bonchev–Trinajstić information content (AvgIpc) is 2.72. The minimum Gasteiger partial charge on any atom is -0.497 e. The highest BCUT2D eigenvalue weighted by Crippen LogP contribution is 2.39. The van der Waals surface area contributed by atoms with Gasteiger partial charge in [0, 0.05) is 32.1 Å². The molecule has 170 valence electrons. The van der Waals surface area contributed by atoms with Crippen LogP contribution in [0.2, 0.25) is 0 Å². The molecule has 0 aliphatic rings. The summed E-state index contributed by atoms with van der Waals surface area (Å²) in [7, 11) is 3.79. The van der Waals surface area contributed by atoms with Gasteiger partial charge in [0.05, 0.1) is 18.2 Å². The summed E-state index contributed by atoms with van der Waals surface area (Å²) >= 11 is 0. The molecule has 0 fully saturated rings. The predicted molar refractivity (Wildman–Crippen MR) is 98.9 cm³/mol. The second-order valence-electron chi connectivity index (χ2n) is 6.64. The van der Waals surface area contributed by atoms with Gasteiger partial charge in [0.25, 0.3) is 0 Å². The van der Waals surface area contributed by atoms with Crippen molar-refractivity contribution in [3.05, 3.63) is 64.7 Å². The van der Waals surface area contributed by atoms with Crippen LogP contribution < -0.4 is 4.74 Å². The first-order valence-corrected chi connectivity index (χ1v) is 8.93. The molecule has 0 radical (unpaired) electrons. The van der Waals surface area contributed by atoms with Crippen LogP contribution in [0.5, 0.6) is 5.75 Å². The van der Waals surface area contributed by atoms with E-state index in [1.807, 2.05) is 0 Å². The van der Waals surface area contributed by atoms with Crippen LogP contribution in [0, 0.1) is 0 Å². The molecule has 10 heteroatoms. The van der Waals surface area contributed by atoms with Crippen LogP contribution in [-0.2, 0) is 21.8 Å². The van der Waals surface area contributed by atoms with Crippen molar-refractivity contribution in [2.24, 2.45) is 0 Å². The first kappa shape index (κ1) is 24.7. The Hall–Kier alpha value is -2.59. The lowest BCUT2D eigenvalue weighted by atomic mass is 9.88. The van der Waals surface area contributed by atoms with Gasteiger partial charge in [-0.3, -0.25) is 4.79 Å².